The van der Waals surface area contributed by atoms with Crippen molar-refractivity contribution in [3.05, 3.63) is 16.1 Å². The van der Waals surface area contributed by atoms with Gasteiger partial charge in [-0.3, -0.25) is 4.90 Å². The van der Waals surface area contributed by atoms with E-state index in [0.717, 1.165) is 23.7 Å². The van der Waals surface area contributed by atoms with Crippen LogP contribution in [0.1, 0.15) is 24.0 Å². The molecule has 5 nitrogen and oxygen atoms in total. The van der Waals surface area contributed by atoms with Gasteiger partial charge in [0.05, 0.1) is 10.7 Å². The Bertz CT molecular complexity index is 382. The summed E-state index contributed by atoms with van der Waals surface area (Å²) in [6.07, 6.45) is 0.476. The quantitative estimate of drug-likeness (QED) is 0.736. The molecule has 1 rings (SSSR count). The Morgan fingerprint density at radius 2 is 2.11 bits per heavy atom. The van der Waals surface area contributed by atoms with Gasteiger partial charge < -0.3 is 15.2 Å². The lowest BCUT2D eigenvalue weighted by Gasteiger charge is -2.39. The van der Waals surface area contributed by atoms with Crippen LogP contribution in [0.3, 0.4) is 0 Å². The molecule has 0 aliphatic carbocycles. The zero-order chi connectivity index (χ0) is 14.5. The van der Waals surface area contributed by atoms with E-state index in [1.165, 1.54) is 0 Å². The van der Waals surface area contributed by atoms with Crippen LogP contribution in [0.5, 0.6) is 0 Å². The van der Waals surface area contributed by atoms with Crippen molar-refractivity contribution >= 4 is 11.3 Å². The zero-order valence-corrected chi connectivity index (χ0v) is 13.3. The molecule has 110 valence electrons. The summed E-state index contributed by atoms with van der Waals surface area (Å²) in [4.78, 5) is 6.71. The van der Waals surface area contributed by atoms with Crippen LogP contribution in [-0.2, 0) is 16.0 Å². The minimum Gasteiger partial charge on any atom is -0.356 e. The van der Waals surface area contributed by atoms with Crippen LogP contribution in [0.15, 0.2) is 5.38 Å². The largest absolute Gasteiger partial charge is 0.356 e. The molecule has 0 aliphatic rings. The molecule has 0 aliphatic heterocycles. The molecule has 1 unspecified atom stereocenters. The molecular formula is C13H25N3O2S. The summed E-state index contributed by atoms with van der Waals surface area (Å²) in [6, 6.07) is 0. The highest BCUT2D eigenvalue weighted by molar-refractivity contribution is 7.09. The van der Waals surface area contributed by atoms with Crippen molar-refractivity contribution in [2.75, 3.05) is 27.8 Å². The van der Waals surface area contributed by atoms with E-state index in [1.54, 1.807) is 25.6 Å². The van der Waals surface area contributed by atoms with Crippen molar-refractivity contribution in [3.8, 4) is 0 Å². The molecule has 1 atom stereocenters. The number of aryl methyl sites for hydroxylation is 1. The van der Waals surface area contributed by atoms with Gasteiger partial charge in [0.2, 0.25) is 0 Å². The predicted molar refractivity (Wildman–Crippen MR) is 78.2 cm³/mol. The average molecular weight is 287 g/mol. The van der Waals surface area contributed by atoms with Gasteiger partial charge in [-0.2, -0.15) is 0 Å². The Hall–Kier alpha value is -0.530. The number of ether oxygens (including phenoxy) is 2. The normalized spacial score (nSPS) is 15.2. The molecule has 0 aromatic carbocycles. The summed E-state index contributed by atoms with van der Waals surface area (Å²) in [5.74, 6) is 0. The van der Waals surface area contributed by atoms with Crippen molar-refractivity contribution in [2.24, 2.45) is 5.73 Å². The third-order valence-corrected chi connectivity index (χ3v) is 4.38. The van der Waals surface area contributed by atoms with Gasteiger partial charge in [0.25, 0.3) is 0 Å². The standard InChI is InChI=1S/C13H25N3O2S/c1-10-15-11(8-19-10)7-16(3)13(2,9-14)6-12(17-4)18-5/h8,12H,6-7,9,14H2,1-5H3. The molecule has 0 radical (unpaired) electrons. The highest BCUT2D eigenvalue weighted by Gasteiger charge is 2.31. The number of aromatic nitrogens is 1. The van der Waals surface area contributed by atoms with Crippen LogP contribution >= 0.6 is 11.3 Å². The summed E-state index contributed by atoms with van der Waals surface area (Å²) in [7, 11) is 5.35. The topological polar surface area (TPSA) is 60.6 Å². The number of methoxy groups -OCH3 is 2. The zero-order valence-electron chi connectivity index (χ0n) is 12.5. The second-order valence-electron chi connectivity index (χ2n) is 5.02. The molecule has 0 saturated heterocycles. The first-order valence-corrected chi connectivity index (χ1v) is 7.21. The Balaban J connectivity index is 2.70. The first-order valence-electron chi connectivity index (χ1n) is 6.33. The van der Waals surface area contributed by atoms with Crippen LogP contribution < -0.4 is 5.73 Å². The number of nitrogens with two attached hydrogens (primary N) is 1. The third kappa shape index (κ3) is 4.50. The SMILES string of the molecule is COC(CC(C)(CN)N(C)Cc1csc(C)n1)OC. The molecule has 19 heavy (non-hydrogen) atoms. The van der Waals surface area contributed by atoms with Crippen molar-refractivity contribution < 1.29 is 9.47 Å². The summed E-state index contributed by atoms with van der Waals surface area (Å²) in [5.41, 5.74) is 6.85. The van der Waals surface area contributed by atoms with Gasteiger partial charge in [0.15, 0.2) is 6.29 Å². The molecule has 1 heterocycles. The van der Waals surface area contributed by atoms with E-state index in [4.69, 9.17) is 15.2 Å². The molecule has 0 fully saturated rings. The molecule has 0 amide bonds. The Morgan fingerprint density at radius 3 is 2.53 bits per heavy atom. The number of hydrogen-bond donors (Lipinski definition) is 1. The van der Waals surface area contributed by atoms with Crippen LogP contribution in [0, 0.1) is 6.92 Å². The lowest BCUT2D eigenvalue weighted by atomic mass is 9.95. The Morgan fingerprint density at radius 1 is 1.47 bits per heavy atom. The first-order chi connectivity index (χ1) is 8.95. The van der Waals surface area contributed by atoms with E-state index in [1.807, 2.05) is 6.92 Å². The van der Waals surface area contributed by atoms with Gasteiger partial charge in [0, 0.05) is 44.6 Å². The van der Waals surface area contributed by atoms with E-state index in [-0.39, 0.29) is 11.8 Å². The maximum absolute atomic E-state index is 5.95. The van der Waals surface area contributed by atoms with Crippen LogP contribution in [0.2, 0.25) is 0 Å². The Labute approximate surface area is 119 Å². The van der Waals surface area contributed by atoms with Gasteiger partial charge in [0.1, 0.15) is 0 Å². The van der Waals surface area contributed by atoms with Gasteiger partial charge in [-0.15, -0.1) is 11.3 Å². The first kappa shape index (κ1) is 16.5. The molecule has 2 N–H and O–H groups in total. The predicted octanol–water partition coefficient (Wildman–Crippen LogP) is 1.61. The lowest BCUT2D eigenvalue weighted by molar-refractivity contribution is -0.127. The molecule has 0 spiro atoms. The van der Waals surface area contributed by atoms with E-state index in [2.05, 4.69) is 29.2 Å². The summed E-state index contributed by atoms with van der Waals surface area (Å²) < 4.78 is 10.6. The van der Waals surface area contributed by atoms with Crippen molar-refractivity contribution in [3.63, 3.8) is 0 Å². The van der Waals surface area contributed by atoms with Gasteiger partial charge >= 0.3 is 0 Å². The summed E-state index contributed by atoms with van der Waals surface area (Å²) >= 11 is 1.67. The maximum atomic E-state index is 5.95. The maximum Gasteiger partial charge on any atom is 0.158 e. The number of rotatable bonds is 8. The summed E-state index contributed by atoms with van der Waals surface area (Å²) in [6.45, 7) is 5.45. The second kappa shape index (κ2) is 7.31. The minimum atomic E-state index is -0.242. The van der Waals surface area contributed by atoms with Crippen LogP contribution in [0.4, 0.5) is 0 Å². The molecule has 0 saturated carbocycles. The van der Waals surface area contributed by atoms with E-state index < -0.39 is 0 Å². The monoisotopic (exact) mass is 287 g/mol. The molecule has 6 heteroatoms. The van der Waals surface area contributed by atoms with Crippen molar-refractivity contribution in [1.29, 1.82) is 0 Å². The fourth-order valence-corrected chi connectivity index (χ4v) is 2.54. The highest BCUT2D eigenvalue weighted by Crippen LogP contribution is 2.23. The van der Waals surface area contributed by atoms with Crippen molar-refractivity contribution in [2.45, 2.75) is 38.6 Å². The second-order valence-corrected chi connectivity index (χ2v) is 6.08. The van der Waals surface area contributed by atoms with Gasteiger partial charge in [-0.25, -0.2) is 4.98 Å². The van der Waals surface area contributed by atoms with Crippen LogP contribution in [0.25, 0.3) is 0 Å². The fourth-order valence-electron chi connectivity index (χ4n) is 1.93. The van der Waals surface area contributed by atoms with E-state index >= 15 is 0 Å². The van der Waals surface area contributed by atoms with Gasteiger partial charge in [-0.1, -0.05) is 0 Å². The van der Waals surface area contributed by atoms with Gasteiger partial charge in [-0.05, 0) is 20.9 Å². The number of thiazole rings is 1. The Kier molecular flexibility index (Phi) is 6.35. The lowest BCUT2D eigenvalue weighted by Crippen LogP contribution is -2.51. The number of nitrogens with zero attached hydrogens (tertiary/aromatic N) is 2. The highest BCUT2D eigenvalue weighted by atomic mass is 32.1. The van der Waals surface area contributed by atoms with Crippen LogP contribution in [-0.4, -0.2) is 49.5 Å². The van der Waals surface area contributed by atoms with Crippen molar-refractivity contribution in [1.82, 2.24) is 9.88 Å². The number of hydrogen-bond acceptors (Lipinski definition) is 6. The molecule has 1 aromatic heterocycles. The smallest absolute Gasteiger partial charge is 0.158 e. The third-order valence-electron chi connectivity index (χ3n) is 3.56. The minimum absolute atomic E-state index is 0.186. The van der Waals surface area contributed by atoms with E-state index in [9.17, 15) is 0 Å². The fraction of sp³-hybridized carbons (Fsp3) is 0.769. The average Bonchev–Trinajstić information content (AvgIpc) is 2.81. The number of likely N-dealkylation sites (N-methyl/N-ethyl adjacent to an activating group) is 1. The molecule has 1 aromatic rings. The van der Waals surface area contributed by atoms with E-state index in [0.29, 0.717) is 6.54 Å². The molecule has 0 bridgehead atoms. The summed E-state index contributed by atoms with van der Waals surface area (Å²) in [5, 5.41) is 3.18. The molecular weight excluding hydrogens is 262 g/mol.